The second-order valence-electron chi connectivity index (χ2n) is 4.24. The third-order valence-corrected chi connectivity index (χ3v) is 3.25. The Labute approximate surface area is 118 Å². The fourth-order valence-electron chi connectivity index (χ4n) is 1.91. The molecule has 0 saturated carbocycles. The van der Waals surface area contributed by atoms with Crippen LogP contribution in [0.15, 0.2) is 45.8 Å². The molecule has 5 heteroatoms. The molecule has 0 spiro atoms. The van der Waals surface area contributed by atoms with Gasteiger partial charge in [-0.2, -0.15) is 0 Å². The molecule has 0 saturated heterocycles. The van der Waals surface area contributed by atoms with Gasteiger partial charge in [0.2, 0.25) is 0 Å². The van der Waals surface area contributed by atoms with Crippen molar-refractivity contribution < 1.29 is 9.90 Å². The lowest BCUT2D eigenvalue weighted by Gasteiger charge is -2.10. The minimum Gasteiger partial charge on any atom is -0.478 e. The van der Waals surface area contributed by atoms with Gasteiger partial charge in [0.15, 0.2) is 0 Å². The molecule has 0 fully saturated rings. The van der Waals surface area contributed by atoms with E-state index in [9.17, 15) is 9.59 Å². The van der Waals surface area contributed by atoms with Gasteiger partial charge in [0.25, 0.3) is 5.56 Å². The SMILES string of the molecule is Cc1cc(Br)cn(Cc2ccccc2C(=O)O)c1=O. The smallest absolute Gasteiger partial charge is 0.336 e. The lowest BCUT2D eigenvalue weighted by atomic mass is 10.1. The first-order valence-corrected chi connectivity index (χ1v) is 6.46. The summed E-state index contributed by atoms with van der Waals surface area (Å²) in [5, 5.41) is 9.13. The van der Waals surface area contributed by atoms with E-state index in [1.165, 1.54) is 10.6 Å². The Morgan fingerprint density at radius 2 is 2.05 bits per heavy atom. The number of hydrogen-bond donors (Lipinski definition) is 1. The van der Waals surface area contributed by atoms with Crippen molar-refractivity contribution in [3.05, 3.63) is 68.0 Å². The third-order valence-electron chi connectivity index (χ3n) is 2.82. The number of hydrogen-bond acceptors (Lipinski definition) is 2. The van der Waals surface area contributed by atoms with Crippen molar-refractivity contribution >= 4 is 21.9 Å². The van der Waals surface area contributed by atoms with E-state index in [2.05, 4.69) is 15.9 Å². The molecule has 98 valence electrons. The number of aromatic carboxylic acids is 1. The quantitative estimate of drug-likeness (QED) is 0.945. The average molecular weight is 322 g/mol. The summed E-state index contributed by atoms with van der Waals surface area (Å²) < 4.78 is 2.29. The number of aromatic nitrogens is 1. The minimum absolute atomic E-state index is 0.122. The summed E-state index contributed by atoms with van der Waals surface area (Å²) in [6.45, 7) is 1.97. The van der Waals surface area contributed by atoms with Gasteiger partial charge in [-0.3, -0.25) is 4.79 Å². The van der Waals surface area contributed by atoms with E-state index < -0.39 is 5.97 Å². The van der Waals surface area contributed by atoms with Crippen LogP contribution in [0.2, 0.25) is 0 Å². The van der Waals surface area contributed by atoms with Crippen molar-refractivity contribution in [2.24, 2.45) is 0 Å². The van der Waals surface area contributed by atoms with Crippen molar-refractivity contribution in [2.75, 3.05) is 0 Å². The van der Waals surface area contributed by atoms with Gasteiger partial charge in [0, 0.05) is 16.2 Å². The van der Waals surface area contributed by atoms with Gasteiger partial charge in [-0.05, 0) is 40.5 Å². The number of carbonyl (C=O) groups is 1. The maximum atomic E-state index is 12.0. The molecule has 1 aromatic heterocycles. The Morgan fingerprint density at radius 3 is 2.74 bits per heavy atom. The molecule has 1 N–H and O–H groups in total. The van der Waals surface area contributed by atoms with Crippen LogP contribution in [-0.4, -0.2) is 15.6 Å². The normalized spacial score (nSPS) is 10.4. The molecule has 1 heterocycles. The Balaban J connectivity index is 2.48. The van der Waals surface area contributed by atoms with Gasteiger partial charge in [0.1, 0.15) is 0 Å². The zero-order valence-corrected chi connectivity index (χ0v) is 11.8. The minimum atomic E-state index is -0.990. The van der Waals surface area contributed by atoms with Crippen molar-refractivity contribution in [1.29, 1.82) is 0 Å². The molecule has 0 aliphatic heterocycles. The van der Waals surface area contributed by atoms with Crippen molar-refractivity contribution in [3.63, 3.8) is 0 Å². The number of benzene rings is 1. The van der Waals surface area contributed by atoms with Crippen LogP contribution in [0, 0.1) is 6.92 Å². The highest BCUT2D eigenvalue weighted by atomic mass is 79.9. The van der Waals surface area contributed by atoms with E-state index in [0.29, 0.717) is 11.1 Å². The molecule has 0 aliphatic carbocycles. The Bertz CT molecular complexity index is 691. The molecule has 2 rings (SSSR count). The first-order chi connectivity index (χ1) is 8.99. The Morgan fingerprint density at radius 1 is 1.37 bits per heavy atom. The lowest BCUT2D eigenvalue weighted by Crippen LogP contribution is -2.23. The number of halogens is 1. The van der Waals surface area contributed by atoms with Gasteiger partial charge < -0.3 is 9.67 Å². The van der Waals surface area contributed by atoms with Crippen LogP contribution in [0.3, 0.4) is 0 Å². The number of carboxylic acids is 1. The topological polar surface area (TPSA) is 59.3 Å². The van der Waals surface area contributed by atoms with Crippen molar-refractivity contribution in [1.82, 2.24) is 4.57 Å². The van der Waals surface area contributed by atoms with Crippen LogP contribution in [0.1, 0.15) is 21.5 Å². The highest BCUT2D eigenvalue weighted by Crippen LogP contribution is 2.13. The molecule has 2 aromatic rings. The molecular formula is C14H12BrNO3. The molecule has 4 nitrogen and oxygen atoms in total. The summed E-state index contributed by atoms with van der Waals surface area (Å²) in [4.78, 5) is 23.1. The molecule has 0 unspecified atom stereocenters. The van der Waals surface area contributed by atoms with Crippen LogP contribution in [-0.2, 0) is 6.54 Å². The largest absolute Gasteiger partial charge is 0.478 e. The van der Waals surface area contributed by atoms with Crippen molar-refractivity contribution in [3.8, 4) is 0 Å². The van der Waals surface area contributed by atoms with Crippen LogP contribution < -0.4 is 5.56 Å². The zero-order chi connectivity index (χ0) is 14.0. The molecule has 1 aromatic carbocycles. The van der Waals surface area contributed by atoms with E-state index in [1.807, 2.05) is 0 Å². The number of aryl methyl sites for hydroxylation is 1. The molecular weight excluding hydrogens is 310 g/mol. The van der Waals surface area contributed by atoms with Crippen LogP contribution >= 0.6 is 15.9 Å². The number of pyridine rings is 1. The molecule has 0 radical (unpaired) electrons. The van der Waals surface area contributed by atoms with Gasteiger partial charge in [-0.15, -0.1) is 0 Å². The summed E-state index contributed by atoms with van der Waals surface area (Å²) in [5.41, 5.74) is 1.31. The second-order valence-corrected chi connectivity index (χ2v) is 5.15. The molecule has 0 bridgehead atoms. The Kier molecular flexibility index (Phi) is 3.85. The predicted molar refractivity (Wildman–Crippen MR) is 75.6 cm³/mol. The Hall–Kier alpha value is -1.88. The van der Waals surface area contributed by atoms with E-state index in [1.54, 1.807) is 37.4 Å². The number of nitrogens with zero attached hydrogens (tertiary/aromatic N) is 1. The van der Waals surface area contributed by atoms with E-state index >= 15 is 0 Å². The molecule has 19 heavy (non-hydrogen) atoms. The fraction of sp³-hybridized carbons (Fsp3) is 0.143. The summed E-state index contributed by atoms with van der Waals surface area (Å²) in [7, 11) is 0. The summed E-state index contributed by atoms with van der Waals surface area (Å²) >= 11 is 3.33. The predicted octanol–water partition coefficient (Wildman–Crippen LogP) is 2.67. The van der Waals surface area contributed by atoms with Gasteiger partial charge in [-0.25, -0.2) is 4.79 Å². The fourth-order valence-corrected chi connectivity index (χ4v) is 2.50. The maximum absolute atomic E-state index is 12.0. The zero-order valence-electron chi connectivity index (χ0n) is 10.3. The van der Waals surface area contributed by atoms with Crippen LogP contribution in [0.25, 0.3) is 0 Å². The average Bonchev–Trinajstić information content (AvgIpc) is 2.35. The number of rotatable bonds is 3. The number of carboxylic acid groups (broad SMARTS) is 1. The van der Waals surface area contributed by atoms with Crippen LogP contribution in [0.5, 0.6) is 0 Å². The maximum Gasteiger partial charge on any atom is 0.336 e. The van der Waals surface area contributed by atoms with Gasteiger partial charge >= 0.3 is 5.97 Å². The van der Waals surface area contributed by atoms with Gasteiger partial charge in [0.05, 0.1) is 12.1 Å². The molecule has 0 atom stereocenters. The molecule has 0 amide bonds. The molecule has 0 aliphatic rings. The highest BCUT2D eigenvalue weighted by molar-refractivity contribution is 9.10. The summed E-state index contributed by atoms with van der Waals surface area (Å²) in [5.74, 6) is -0.990. The summed E-state index contributed by atoms with van der Waals surface area (Å²) in [6, 6.07) is 8.42. The lowest BCUT2D eigenvalue weighted by molar-refractivity contribution is 0.0695. The van der Waals surface area contributed by atoms with Gasteiger partial charge in [-0.1, -0.05) is 18.2 Å². The van der Waals surface area contributed by atoms with E-state index in [0.717, 1.165) is 4.47 Å². The highest BCUT2D eigenvalue weighted by Gasteiger charge is 2.10. The third kappa shape index (κ3) is 2.93. The van der Waals surface area contributed by atoms with E-state index in [4.69, 9.17) is 5.11 Å². The monoisotopic (exact) mass is 321 g/mol. The van der Waals surface area contributed by atoms with Crippen LogP contribution in [0.4, 0.5) is 0 Å². The standard InChI is InChI=1S/C14H12BrNO3/c1-9-6-11(15)8-16(13(9)17)7-10-4-2-3-5-12(10)14(18)19/h2-6,8H,7H2,1H3,(H,18,19). The first-order valence-electron chi connectivity index (χ1n) is 5.67. The second kappa shape index (κ2) is 5.40. The van der Waals surface area contributed by atoms with Crippen molar-refractivity contribution in [2.45, 2.75) is 13.5 Å². The summed E-state index contributed by atoms with van der Waals surface area (Å²) in [6.07, 6.45) is 1.66. The first kappa shape index (κ1) is 13.5. The van der Waals surface area contributed by atoms with E-state index in [-0.39, 0.29) is 17.7 Å².